The average molecular weight is 1080 g/mol. The van der Waals surface area contributed by atoms with E-state index in [0.29, 0.717) is 19.3 Å². The van der Waals surface area contributed by atoms with Crippen molar-refractivity contribution in [3.8, 4) is 0 Å². The summed E-state index contributed by atoms with van der Waals surface area (Å²) in [5, 5.41) is 0. The van der Waals surface area contributed by atoms with Gasteiger partial charge in [0.15, 0.2) is 6.10 Å². The first-order valence-electron chi connectivity index (χ1n) is 34.1. The van der Waals surface area contributed by atoms with Crippen LogP contribution in [0.1, 0.15) is 367 Å². The van der Waals surface area contributed by atoms with Crippen molar-refractivity contribution >= 4 is 17.9 Å². The lowest BCUT2D eigenvalue weighted by Crippen LogP contribution is -2.30. The van der Waals surface area contributed by atoms with E-state index in [4.69, 9.17) is 14.2 Å². The maximum Gasteiger partial charge on any atom is 0.306 e. The number of carbonyl (C=O) groups is 3. The molecule has 6 heteroatoms. The largest absolute Gasteiger partial charge is 0.462 e. The van der Waals surface area contributed by atoms with E-state index in [2.05, 4.69) is 69.4 Å². The van der Waals surface area contributed by atoms with Crippen molar-refractivity contribution in [3.05, 3.63) is 48.6 Å². The highest BCUT2D eigenvalue weighted by atomic mass is 16.6. The number of allylic oxidation sites excluding steroid dienone is 8. The van der Waals surface area contributed by atoms with Crippen molar-refractivity contribution in [1.29, 1.82) is 0 Å². The summed E-state index contributed by atoms with van der Waals surface area (Å²) in [6, 6.07) is 0. The van der Waals surface area contributed by atoms with E-state index in [1.54, 1.807) is 0 Å². The number of esters is 3. The molecule has 1 atom stereocenters. The summed E-state index contributed by atoms with van der Waals surface area (Å²) in [7, 11) is 0. The number of rotatable bonds is 63. The number of carbonyl (C=O) groups excluding carboxylic acids is 3. The fraction of sp³-hybridized carbons (Fsp3) is 0.845. The van der Waals surface area contributed by atoms with E-state index >= 15 is 0 Å². The molecule has 1 unspecified atom stereocenters. The van der Waals surface area contributed by atoms with Gasteiger partial charge in [-0.1, -0.05) is 339 Å². The molecule has 0 aromatic rings. The highest BCUT2D eigenvalue weighted by Crippen LogP contribution is 2.18. The molecule has 0 aliphatic heterocycles. The summed E-state index contributed by atoms with van der Waals surface area (Å²) in [4.78, 5) is 38.4. The summed E-state index contributed by atoms with van der Waals surface area (Å²) in [5.41, 5.74) is 0. The van der Waals surface area contributed by atoms with Gasteiger partial charge in [-0.2, -0.15) is 0 Å². The van der Waals surface area contributed by atoms with Gasteiger partial charge in [-0.25, -0.2) is 0 Å². The van der Waals surface area contributed by atoms with E-state index in [1.807, 2.05) is 0 Å². The third-order valence-electron chi connectivity index (χ3n) is 15.3. The Hall–Kier alpha value is -2.63. The van der Waals surface area contributed by atoms with Gasteiger partial charge in [0.2, 0.25) is 0 Å². The molecule has 0 aromatic heterocycles. The fourth-order valence-corrected chi connectivity index (χ4v) is 10.3. The molecule has 0 N–H and O–H groups in total. The Morgan fingerprint density at radius 1 is 0.273 bits per heavy atom. The number of hydrogen-bond donors (Lipinski definition) is 0. The van der Waals surface area contributed by atoms with Crippen molar-refractivity contribution in [1.82, 2.24) is 0 Å². The van der Waals surface area contributed by atoms with Gasteiger partial charge >= 0.3 is 17.9 Å². The minimum Gasteiger partial charge on any atom is -0.462 e. The zero-order valence-corrected chi connectivity index (χ0v) is 51.7. The van der Waals surface area contributed by atoms with E-state index in [1.165, 1.54) is 244 Å². The molecule has 0 aliphatic carbocycles. The standard InChI is InChI=1S/C71H130O6/c1-4-7-10-13-16-19-22-25-28-30-32-34-36-38-39-41-43-46-49-52-55-58-61-64-70(73)76-67-68(66-75-69(72)63-60-57-54-51-48-45-27-24-21-18-15-12-9-6-3)77-71(74)65-62-59-56-53-50-47-44-42-40-37-35-33-31-29-26-23-20-17-14-11-8-5-2/h7,10,16,19,25,28,32,34,68H,4-6,8-9,11-15,17-18,20-24,26-27,29-31,33,35-67H2,1-3H3/b10-7-,19-16-,28-25-,34-32-. The summed E-state index contributed by atoms with van der Waals surface area (Å²) >= 11 is 0. The third-order valence-corrected chi connectivity index (χ3v) is 15.3. The third kappa shape index (κ3) is 64.1. The van der Waals surface area contributed by atoms with Crippen LogP contribution in [-0.2, 0) is 28.6 Å². The molecule has 0 fully saturated rings. The molecule has 450 valence electrons. The monoisotopic (exact) mass is 1080 g/mol. The van der Waals surface area contributed by atoms with Gasteiger partial charge in [-0.3, -0.25) is 14.4 Å². The second-order valence-corrected chi connectivity index (χ2v) is 23.1. The molecule has 0 amide bonds. The van der Waals surface area contributed by atoms with Crippen LogP contribution in [0, 0.1) is 0 Å². The molecule has 0 rings (SSSR count). The van der Waals surface area contributed by atoms with Gasteiger partial charge in [-0.05, 0) is 57.8 Å². The maximum atomic E-state index is 12.9. The summed E-state index contributed by atoms with van der Waals surface area (Å²) in [6.45, 7) is 6.60. The van der Waals surface area contributed by atoms with E-state index < -0.39 is 6.10 Å². The molecule has 6 nitrogen and oxygen atoms in total. The zero-order valence-electron chi connectivity index (χ0n) is 51.7. The molecule has 77 heavy (non-hydrogen) atoms. The van der Waals surface area contributed by atoms with Gasteiger partial charge in [-0.15, -0.1) is 0 Å². The van der Waals surface area contributed by atoms with Crippen LogP contribution in [0.4, 0.5) is 0 Å². The molecular formula is C71H130O6. The number of hydrogen-bond acceptors (Lipinski definition) is 6. The molecule has 0 spiro atoms. The summed E-state index contributed by atoms with van der Waals surface area (Å²) in [6.07, 6.45) is 82.7. The second-order valence-electron chi connectivity index (χ2n) is 23.1. The molecule has 0 saturated carbocycles. The Morgan fingerprint density at radius 3 is 0.792 bits per heavy atom. The highest BCUT2D eigenvalue weighted by Gasteiger charge is 2.19. The van der Waals surface area contributed by atoms with Crippen LogP contribution >= 0.6 is 0 Å². The predicted molar refractivity (Wildman–Crippen MR) is 335 cm³/mol. The molecule has 0 aliphatic rings. The van der Waals surface area contributed by atoms with Crippen molar-refractivity contribution < 1.29 is 28.6 Å². The fourth-order valence-electron chi connectivity index (χ4n) is 10.3. The number of ether oxygens (including phenoxy) is 3. The SMILES string of the molecule is CC/C=C\C/C=C\C/C=C\C/C=C\CCCCCCCCCCCCC(=O)OCC(COC(=O)CCCCCCCCCCCCCCCC)OC(=O)CCCCCCCCCCCCCCCCCCCCCCCC. The van der Waals surface area contributed by atoms with Gasteiger partial charge in [0, 0.05) is 19.3 Å². The van der Waals surface area contributed by atoms with E-state index in [-0.39, 0.29) is 31.1 Å². The normalized spacial score (nSPS) is 12.3. The smallest absolute Gasteiger partial charge is 0.306 e. The minimum absolute atomic E-state index is 0.0684. The van der Waals surface area contributed by atoms with Gasteiger partial charge in [0.05, 0.1) is 0 Å². The highest BCUT2D eigenvalue weighted by molar-refractivity contribution is 5.71. The van der Waals surface area contributed by atoms with E-state index in [0.717, 1.165) is 83.5 Å². The summed E-state index contributed by atoms with van der Waals surface area (Å²) in [5.74, 6) is -0.845. The van der Waals surface area contributed by atoms with Gasteiger partial charge < -0.3 is 14.2 Å². The van der Waals surface area contributed by atoms with Crippen LogP contribution in [0.3, 0.4) is 0 Å². The molecule has 0 saturated heterocycles. The zero-order chi connectivity index (χ0) is 55.7. The van der Waals surface area contributed by atoms with Crippen molar-refractivity contribution in [3.63, 3.8) is 0 Å². The minimum atomic E-state index is -0.772. The average Bonchev–Trinajstić information content (AvgIpc) is 3.43. The Bertz CT molecular complexity index is 1330. The second kappa shape index (κ2) is 65.9. The van der Waals surface area contributed by atoms with Crippen molar-refractivity contribution in [2.45, 2.75) is 374 Å². The van der Waals surface area contributed by atoms with Crippen LogP contribution in [0.15, 0.2) is 48.6 Å². The van der Waals surface area contributed by atoms with Crippen LogP contribution in [0.2, 0.25) is 0 Å². The molecule has 0 heterocycles. The Kier molecular flexibility index (Phi) is 63.6. The van der Waals surface area contributed by atoms with E-state index in [9.17, 15) is 14.4 Å². The van der Waals surface area contributed by atoms with Gasteiger partial charge in [0.1, 0.15) is 13.2 Å². The molecule has 0 radical (unpaired) electrons. The van der Waals surface area contributed by atoms with Crippen LogP contribution in [0.25, 0.3) is 0 Å². The molecular weight excluding hydrogens is 949 g/mol. The maximum absolute atomic E-state index is 12.9. The van der Waals surface area contributed by atoms with Gasteiger partial charge in [0.25, 0.3) is 0 Å². The predicted octanol–water partition coefficient (Wildman–Crippen LogP) is 23.3. The van der Waals surface area contributed by atoms with Crippen LogP contribution < -0.4 is 0 Å². The van der Waals surface area contributed by atoms with Crippen molar-refractivity contribution in [2.75, 3.05) is 13.2 Å². The Balaban J connectivity index is 4.28. The molecule has 0 bridgehead atoms. The van der Waals surface area contributed by atoms with Crippen LogP contribution in [-0.4, -0.2) is 37.2 Å². The topological polar surface area (TPSA) is 78.9 Å². The van der Waals surface area contributed by atoms with Crippen molar-refractivity contribution in [2.24, 2.45) is 0 Å². The first-order valence-corrected chi connectivity index (χ1v) is 34.1. The first kappa shape index (κ1) is 74.4. The lowest BCUT2D eigenvalue weighted by atomic mass is 10.0. The Labute approximate surface area is 479 Å². The lowest BCUT2D eigenvalue weighted by Gasteiger charge is -2.18. The number of unbranched alkanes of at least 4 members (excludes halogenated alkanes) is 44. The Morgan fingerprint density at radius 2 is 0.506 bits per heavy atom. The first-order chi connectivity index (χ1) is 38.0. The lowest BCUT2D eigenvalue weighted by molar-refractivity contribution is -0.167. The molecule has 0 aromatic carbocycles. The quantitative estimate of drug-likeness (QED) is 0.0261. The van der Waals surface area contributed by atoms with Crippen LogP contribution in [0.5, 0.6) is 0 Å². The summed E-state index contributed by atoms with van der Waals surface area (Å²) < 4.78 is 17.0.